The average molecular weight is 116 g/mol. The van der Waals surface area contributed by atoms with Gasteiger partial charge in [-0.1, -0.05) is 12.2 Å². The van der Waals surface area contributed by atoms with E-state index in [1.54, 1.807) is 7.11 Å². The maximum Gasteiger partial charge on any atom is 0.146 e. The molecule has 0 spiro atoms. The largest absolute Gasteiger partial charge is 0.359 e. The number of rotatable bonds is 4. The third-order valence-electron chi connectivity index (χ3n) is 0.651. The quantitative estimate of drug-likeness (QED) is 0.312. The molecule has 8 heavy (non-hydrogen) atoms. The minimum absolute atomic E-state index is 0.379. The Kier molecular flexibility index (Phi) is 6.38. The summed E-state index contributed by atoms with van der Waals surface area (Å²) in [7, 11) is 1.61. The molecule has 0 bridgehead atoms. The summed E-state index contributed by atoms with van der Waals surface area (Å²) in [4.78, 5) is 0. The number of allylic oxidation sites excluding steroid dienone is 1. The van der Waals surface area contributed by atoms with Crippen molar-refractivity contribution in [3.05, 3.63) is 12.2 Å². The van der Waals surface area contributed by atoms with Crippen LogP contribution >= 0.6 is 0 Å². The highest BCUT2D eigenvalue weighted by molar-refractivity contribution is 4.75. The van der Waals surface area contributed by atoms with E-state index in [9.17, 15) is 0 Å². The van der Waals surface area contributed by atoms with Crippen LogP contribution in [0, 0.1) is 0 Å². The van der Waals surface area contributed by atoms with Gasteiger partial charge in [-0.05, 0) is 6.92 Å². The van der Waals surface area contributed by atoms with Gasteiger partial charge < -0.3 is 9.47 Å². The van der Waals surface area contributed by atoms with Crippen LogP contribution in [0.15, 0.2) is 12.2 Å². The predicted octanol–water partition coefficient (Wildman–Crippen LogP) is 1.18. The van der Waals surface area contributed by atoms with Gasteiger partial charge >= 0.3 is 0 Å². The van der Waals surface area contributed by atoms with Crippen molar-refractivity contribution < 1.29 is 9.47 Å². The van der Waals surface area contributed by atoms with Crippen molar-refractivity contribution in [3.63, 3.8) is 0 Å². The summed E-state index contributed by atoms with van der Waals surface area (Å²) in [6.07, 6.45) is 3.87. The van der Waals surface area contributed by atoms with Crippen LogP contribution in [0.1, 0.15) is 6.92 Å². The molecule has 0 aliphatic rings. The van der Waals surface area contributed by atoms with Gasteiger partial charge in [0.25, 0.3) is 0 Å². The fourth-order valence-corrected chi connectivity index (χ4v) is 0.296. The molecular formula is C6H12O2. The molecule has 0 heterocycles. The van der Waals surface area contributed by atoms with Gasteiger partial charge in [-0.25, -0.2) is 0 Å². The van der Waals surface area contributed by atoms with Crippen LogP contribution in [-0.2, 0) is 9.47 Å². The SMILES string of the molecule is CC=CCOCOC. The highest BCUT2D eigenvalue weighted by atomic mass is 16.7. The first kappa shape index (κ1) is 7.66. The Hall–Kier alpha value is -0.340. The van der Waals surface area contributed by atoms with E-state index < -0.39 is 0 Å². The Morgan fingerprint density at radius 1 is 1.50 bits per heavy atom. The molecule has 0 fully saturated rings. The van der Waals surface area contributed by atoms with Gasteiger partial charge in [-0.15, -0.1) is 0 Å². The van der Waals surface area contributed by atoms with Gasteiger partial charge in [0.1, 0.15) is 6.79 Å². The lowest BCUT2D eigenvalue weighted by Crippen LogP contribution is -1.94. The monoisotopic (exact) mass is 116 g/mol. The number of ether oxygens (including phenoxy) is 2. The zero-order valence-corrected chi connectivity index (χ0v) is 5.39. The van der Waals surface area contributed by atoms with Crippen molar-refractivity contribution in [3.8, 4) is 0 Å². The highest BCUT2D eigenvalue weighted by Crippen LogP contribution is 1.75. The molecule has 2 nitrogen and oxygen atoms in total. The molecule has 0 radical (unpaired) electrons. The molecule has 48 valence electrons. The molecule has 0 unspecified atom stereocenters. The first-order valence-electron chi connectivity index (χ1n) is 2.59. The van der Waals surface area contributed by atoms with E-state index in [2.05, 4.69) is 4.74 Å². The van der Waals surface area contributed by atoms with E-state index in [1.807, 2.05) is 19.1 Å². The maximum atomic E-state index is 4.91. The van der Waals surface area contributed by atoms with Crippen molar-refractivity contribution in [2.24, 2.45) is 0 Å². The maximum absolute atomic E-state index is 4.91. The molecule has 0 aromatic carbocycles. The molecule has 0 atom stereocenters. The van der Waals surface area contributed by atoms with E-state index in [1.165, 1.54) is 0 Å². The molecular weight excluding hydrogens is 104 g/mol. The van der Waals surface area contributed by atoms with Crippen molar-refractivity contribution in [2.45, 2.75) is 6.92 Å². The fraction of sp³-hybridized carbons (Fsp3) is 0.667. The smallest absolute Gasteiger partial charge is 0.146 e. The summed E-state index contributed by atoms with van der Waals surface area (Å²) in [5, 5.41) is 0. The lowest BCUT2D eigenvalue weighted by atomic mass is 10.6. The molecule has 0 saturated carbocycles. The third kappa shape index (κ3) is 5.66. The second kappa shape index (κ2) is 6.66. The van der Waals surface area contributed by atoms with E-state index in [4.69, 9.17) is 4.74 Å². The normalized spacial score (nSPS) is 10.8. The topological polar surface area (TPSA) is 18.5 Å². The Balaban J connectivity index is 2.72. The second-order valence-corrected chi connectivity index (χ2v) is 1.35. The second-order valence-electron chi connectivity index (χ2n) is 1.35. The molecule has 0 aromatic heterocycles. The summed E-state index contributed by atoms with van der Waals surface area (Å²) in [5.74, 6) is 0. The molecule has 0 aromatic rings. The van der Waals surface area contributed by atoms with Gasteiger partial charge in [0.2, 0.25) is 0 Å². The predicted molar refractivity (Wildman–Crippen MR) is 32.6 cm³/mol. The molecule has 0 aliphatic carbocycles. The van der Waals surface area contributed by atoms with Crippen LogP contribution in [0.4, 0.5) is 0 Å². The van der Waals surface area contributed by atoms with Crippen LogP contribution in [-0.4, -0.2) is 20.5 Å². The Morgan fingerprint density at radius 2 is 2.25 bits per heavy atom. The molecule has 0 N–H and O–H groups in total. The summed E-state index contributed by atoms with van der Waals surface area (Å²) in [6, 6.07) is 0. The minimum atomic E-state index is 0.379. The standard InChI is InChI=1S/C6H12O2/c1-3-4-5-8-6-7-2/h3-4H,5-6H2,1-2H3. The van der Waals surface area contributed by atoms with Crippen LogP contribution in [0.25, 0.3) is 0 Å². The Labute approximate surface area is 50.1 Å². The van der Waals surface area contributed by atoms with Gasteiger partial charge in [0, 0.05) is 7.11 Å². The fourth-order valence-electron chi connectivity index (χ4n) is 0.296. The molecule has 2 heteroatoms. The number of methoxy groups -OCH3 is 1. The Morgan fingerprint density at radius 3 is 2.75 bits per heavy atom. The summed E-state index contributed by atoms with van der Waals surface area (Å²) >= 11 is 0. The van der Waals surface area contributed by atoms with E-state index in [-0.39, 0.29) is 0 Å². The van der Waals surface area contributed by atoms with Gasteiger partial charge in [0.05, 0.1) is 6.61 Å². The third-order valence-corrected chi connectivity index (χ3v) is 0.651. The Bertz CT molecular complexity index is 59.5. The van der Waals surface area contributed by atoms with Gasteiger partial charge in [-0.2, -0.15) is 0 Å². The summed E-state index contributed by atoms with van der Waals surface area (Å²) < 4.78 is 9.55. The van der Waals surface area contributed by atoms with Crippen molar-refractivity contribution in [1.82, 2.24) is 0 Å². The van der Waals surface area contributed by atoms with Crippen LogP contribution in [0.2, 0.25) is 0 Å². The average Bonchev–Trinajstić information content (AvgIpc) is 1.81. The minimum Gasteiger partial charge on any atom is -0.359 e. The number of hydrogen-bond acceptors (Lipinski definition) is 2. The van der Waals surface area contributed by atoms with E-state index >= 15 is 0 Å². The first-order chi connectivity index (χ1) is 3.91. The zero-order valence-electron chi connectivity index (χ0n) is 5.39. The summed E-state index contributed by atoms with van der Waals surface area (Å²) in [5.41, 5.74) is 0. The van der Waals surface area contributed by atoms with E-state index in [0.717, 1.165) is 0 Å². The summed E-state index contributed by atoms with van der Waals surface area (Å²) in [6.45, 7) is 2.98. The van der Waals surface area contributed by atoms with Gasteiger partial charge in [0.15, 0.2) is 0 Å². The van der Waals surface area contributed by atoms with E-state index in [0.29, 0.717) is 13.4 Å². The number of hydrogen-bond donors (Lipinski definition) is 0. The van der Waals surface area contributed by atoms with Gasteiger partial charge in [-0.3, -0.25) is 0 Å². The molecule has 0 saturated heterocycles. The zero-order chi connectivity index (χ0) is 6.24. The molecule has 0 rings (SSSR count). The lowest BCUT2D eigenvalue weighted by molar-refractivity contribution is -0.0186. The molecule has 0 aliphatic heterocycles. The van der Waals surface area contributed by atoms with Crippen LogP contribution in [0.3, 0.4) is 0 Å². The van der Waals surface area contributed by atoms with Crippen LogP contribution < -0.4 is 0 Å². The van der Waals surface area contributed by atoms with Crippen molar-refractivity contribution in [1.29, 1.82) is 0 Å². The highest BCUT2D eigenvalue weighted by Gasteiger charge is 1.75. The van der Waals surface area contributed by atoms with Crippen molar-refractivity contribution >= 4 is 0 Å². The molecule has 0 amide bonds. The first-order valence-corrected chi connectivity index (χ1v) is 2.59. The van der Waals surface area contributed by atoms with Crippen molar-refractivity contribution in [2.75, 3.05) is 20.5 Å². The lowest BCUT2D eigenvalue weighted by Gasteiger charge is -1.95. The van der Waals surface area contributed by atoms with Crippen LogP contribution in [0.5, 0.6) is 0 Å².